The van der Waals surface area contributed by atoms with Crippen LogP contribution in [0.5, 0.6) is 11.6 Å². The lowest BCUT2D eigenvalue weighted by Gasteiger charge is -2.19. The van der Waals surface area contributed by atoms with E-state index in [0.29, 0.717) is 35.7 Å². The molecule has 2 aromatic rings. The number of nitrogens with zero attached hydrogens (tertiary/aromatic N) is 2. The minimum atomic E-state index is -0.940. The summed E-state index contributed by atoms with van der Waals surface area (Å²) < 4.78 is 5.59. The van der Waals surface area contributed by atoms with Gasteiger partial charge >= 0.3 is 0 Å². The molecule has 0 atom stereocenters. The van der Waals surface area contributed by atoms with Gasteiger partial charge in [-0.25, -0.2) is 4.98 Å². The second-order valence-corrected chi connectivity index (χ2v) is 6.23. The Hall–Kier alpha value is -3.40. The van der Waals surface area contributed by atoms with Crippen molar-refractivity contribution in [2.24, 2.45) is 11.1 Å². The molecule has 3 rings (SSSR count). The van der Waals surface area contributed by atoms with Crippen molar-refractivity contribution in [1.29, 1.82) is 5.26 Å². The van der Waals surface area contributed by atoms with Crippen LogP contribution in [0.4, 0.5) is 5.69 Å². The molecule has 3 N–H and O–H groups in total. The van der Waals surface area contributed by atoms with E-state index in [4.69, 9.17) is 10.5 Å². The lowest BCUT2D eigenvalue weighted by atomic mass is 9.87. The standard InChI is InChI=1S/C19H18N4O3/c20-12-19(8-1-2-9-19)18(25)23-14-6-7-16(22-11-14)26-15-5-3-4-13(10-15)17(21)24/h3-7,10-11H,1-2,8-9H2,(H2,21,24)(H,23,25). The zero-order valence-electron chi connectivity index (χ0n) is 14.1. The Bertz CT molecular complexity index is 865. The quantitative estimate of drug-likeness (QED) is 0.859. The number of carbonyl (C=O) groups excluding carboxylic acids is 2. The molecule has 26 heavy (non-hydrogen) atoms. The van der Waals surface area contributed by atoms with Gasteiger partial charge in [0.1, 0.15) is 11.2 Å². The first-order valence-electron chi connectivity index (χ1n) is 8.29. The van der Waals surface area contributed by atoms with E-state index in [1.54, 1.807) is 30.3 Å². The Kier molecular flexibility index (Phi) is 4.85. The predicted molar refractivity (Wildman–Crippen MR) is 94.4 cm³/mol. The normalized spacial score (nSPS) is 15.0. The van der Waals surface area contributed by atoms with Crippen molar-refractivity contribution in [3.63, 3.8) is 0 Å². The third kappa shape index (κ3) is 3.64. The molecule has 0 unspecified atom stereocenters. The van der Waals surface area contributed by atoms with E-state index >= 15 is 0 Å². The van der Waals surface area contributed by atoms with Crippen molar-refractivity contribution in [1.82, 2.24) is 4.98 Å². The van der Waals surface area contributed by atoms with Gasteiger partial charge in [-0.15, -0.1) is 0 Å². The molecule has 7 nitrogen and oxygen atoms in total. The average Bonchev–Trinajstić information content (AvgIpc) is 3.14. The van der Waals surface area contributed by atoms with Crippen LogP contribution in [0, 0.1) is 16.7 Å². The number of anilines is 1. The second kappa shape index (κ2) is 7.23. The summed E-state index contributed by atoms with van der Waals surface area (Å²) in [5, 5.41) is 12.1. The third-order valence-electron chi connectivity index (χ3n) is 4.44. The monoisotopic (exact) mass is 350 g/mol. The van der Waals surface area contributed by atoms with Gasteiger partial charge in [0.05, 0.1) is 18.0 Å². The van der Waals surface area contributed by atoms with Crippen LogP contribution in [-0.2, 0) is 4.79 Å². The lowest BCUT2D eigenvalue weighted by molar-refractivity contribution is -0.122. The summed E-state index contributed by atoms with van der Waals surface area (Å²) in [5.74, 6) is -0.0950. The molecule has 2 amide bonds. The van der Waals surface area contributed by atoms with Crippen molar-refractivity contribution in [3.8, 4) is 17.7 Å². The minimum absolute atomic E-state index is 0.290. The van der Waals surface area contributed by atoms with Crippen LogP contribution in [0.15, 0.2) is 42.6 Å². The zero-order chi connectivity index (χ0) is 18.6. The Balaban J connectivity index is 1.67. The van der Waals surface area contributed by atoms with Gasteiger partial charge in [0.15, 0.2) is 0 Å². The fraction of sp³-hybridized carbons (Fsp3) is 0.263. The van der Waals surface area contributed by atoms with Crippen molar-refractivity contribution < 1.29 is 14.3 Å². The highest BCUT2D eigenvalue weighted by atomic mass is 16.5. The maximum atomic E-state index is 12.4. The number of pyridine rings is 1. The largest absolute Gasteiger partial charge is 0.439 e. The molecule has 132 valence electrons. The number of ether oxygens (including phenoxy) is 1. The molecular formula is C19H18N4O3. The molecule has 1 aromatic heterocycles. The second-order valence-electron chi connectivity index (χ2n) is 6.23. The van der Waals surface area contributed by atoms with Gasteiger partial charge < -0.3 is 15.8 Å². The highest BCUT2D eigenvalue weighted by molar-refractivity contribution is 5.97. The van der Waals surface area contributed by atoms with Gasteiger partial charge in [-0.05, 0) is 37.1 Å². The van der Waals surface area contributed by atoms with E-state index in [2.05, 4.69) is 16.4 Å². The van der Waals surface area contributed by atoms with Gasteiger partial charge in [0, 0.05) is 11.6 Å². The number of primary amides is 1. The molecule has 0 bridgehead atoms. The fourth-order valence-corrected chi connectivity index (χ4v) is 2.97. The van der Waals surface area contributed by atoms with Gasteiger partial charge in [-0.2, -0.15) is 5.26 Å². The molecule has 0 radical (unpaired) electrons. The SMILES string of the molecule is N#CC1(C(=O)Nc2ccc(Oc3cccc(C(N)=O)c3)nc2)CCCC1. The Morgan fingerprint density at radius 3 is 2.62 bits per heavy atom. The Labute approximate surface area is 150 Å². The highest BCUT2D eigenvalue weighted by Crippen LogP contribution is 2.38. The molecule has 1 fully saturated rings. The lowest BCUT2D eigenvalue weighted by Crippen LogP contribution is -2.32. The molecule has 7 heteroatoms. The molecule has 1 aromatic carbocycles. The van der Waals surface area contributed by atoms with Crippen molar-refractivity contribution in [2.75, 3.05) is 5.32 Å². The molecular weight excluding hydrogens is 332 g/mol. The predicted octanol–water partition coefficient (Wildman–Crippen LogP) is 3.00. The number of aromatic nitrogens is 1. The van der Waals surface area contributed by atoms with Crippen LogP contribution in [0.2, 0.25) is 0 Å². The topological polar surface area (TPSA) is 118 Å². The number of nitrogens with one attached hydrogen (secondary N) is 1. The van der Waals surface area contributed by atoms with E-state index in [-0.39, 0.29) is 5.91 Å². The van der Waals surface area contributed by atoms with Crippen LogP contribution < -0.4 is 15.8 Å². The summed E-state index contributed by atoms with van der Waals surface area (Å²) in [6.07, 6.45) is 4.40. The molecule has 1 aliphatic rings. The first kappa shape index (κ1) is 17.4. The minimum Gasteiger partial charge on any atom is -0.439 e. The first-order chi connectivity index (χ1) is 12.5. The Morgan fingerprint density at radius 1 is 1.23 bits per heavy atom. The molecule has 0 aliphatic heterocycles. The van der Waals surface area contributed by atoms with Crippen LogP contribution in [0.3, 0.4) is 0 Å². The number of nitriles is 1. The number of hydrogen-bond donors (Lipinski definition) is 2. The summed E-state index contributed by atoms with van der Waals surface area (Å²) in [4.78, 5) is 27.7. The van der Waals surface area contributed by atoms with E-state index in [1.807, 2.05) is 0 Å². The summed E-state index contributed by atoms with van der Waals surface area (Å²) in [6, 6.07) is 11.9. The van der Waals surface area contributed by atoms with Gasteiger partial charge in [0.25, 0.3) is 0 Å². The van der Waals surface area contributed by atoms with Gasteiger partial charge in [0.2, 0.25) is 17.7 Å². The van der Waals surface area contributed by atoms with Crippen molar-refractivity contribution in [3.05, 3.63) is 48.2 Å². The number of rotatable bonds is 5. The maximum absolute atomic E-state index is 12.4. The van der Waals surface area contributed by atoms with Crippen molar-refractivity contribution in [2.45, 2.75) is 25.7 Å². The van der Waals surface area contributed by atoms with Gasteiger partial charge in [-0.1, -0.05) is 18.9 Å². The summed E-state index contributed by atoms with van der Waals surface area (Å²) in [5.41, 5.74) is 5.14. The summed E-state index contributed by atoms with van der Waals surface area (Å²) >= 11 is 0. The van der Waals surface area contributed by atoms with E-state index in [0.717, 1.165) is 12.8 Å². The number of amides is 2. The van der Waals surface area contributed by atoms with Crippen LogP contribution in [0.25, 0.3) is 0 Å². The molecule has 0 saturated heterocycles. The summed E-state index contributed by atoms with van der Waals surface area (Å²) in [6.45, 7) is 0. The van der Waals surface area contributed by atoms with E-state index in [9.17, 15) is 14.9 Å². The third-order valence-corrected chi connectivity index (χ3v) is 4.44. The molecule has 1 heterocycles. The molecule has 1 aliphatic carbocycles. The van der Waals surface area contributed by atoms with E-state index < -0.39 is 11.3 Å². The zero-order valence-corrected chi connectivity index (χ0v) is 14.1. The van der Waals surface area contributed by atoms with Crippen LogP contribution in [-0.4, -0.2) is 16.8 Å². The van der Waals surface area contributed by atoms with E-state index in [1.165, 1.54) is 12.3 Å². The first-order valence-corrected chi connectivity index (χ1v) is 8.29. The number of nitrogens with two attached hydrogens (primary N) is 1. The molecule has 1 saturated carbocycles. The number of hydrogen-bond acceptors (Lipinski definition) is 5. The van der Waals surface area contributed by atoms with Crippen molar-refractivity contribution >= 4 is 17.5 Å². The number of carbonyl (C=O) groups is 2. The summed E-state index contributed by atoms with van der Waals surface area (Å²) in [7, 11) is 0. The number of benzene rings is 1. The average molecular weight is 350 g/mol. The van der Waals surface area contributed by atoms with Crippen LogP contribution in [0.1, 0.15) is 36.0 Å². The van der Waals surface area contributed by atoms with Gasteiger partial charge in [-0.3, -0.25) is 9.59 Å². The Morgan fingerprint density at radius 2 is 2.00 bits per heavy atom. The maximum Gasteiger partial charge on any atom is 0.248 e. The van der Waals surface area contributed by atoms with Crippen LogP contribution >= 0.6 is 0 Å². The smallest absolute Gasteiger partial charge is 0.248 e. The molecule has 0 spiro atoms. The fourth-order valence-electron chi connectivity index (χ4n) is 2.97. The highest BCUT2D eigenvalue weighted by Gasteiger charge is 2.41.